The minimum Gasteiger partial charge on any atom is -0.355 e. The number of carbonyl (C=O) groups excluding carboxylic acids is 2. The van der Waals surface area contributed by atoms with Crippen LogP contribution in [0.15, 0.2) is 11.3 Å². The van der Waals surface area contributed by atoms with Crippen molar-refractivity contribution in [1.82, 2.24) is 10.6 Å². The monoisotopic (exact) mass is 168 g/mol. The molecule has 2 amide bonds. The molecule has 0 atom stereocenters. The molecule has 12 heavy (non-hydrogen) atoms. The maximum absolute atomic E-state index is 11.2. The molecule has 0 aliphatic heterocycles. The summed E-state index contributed by atoms with van der Waals surface area (Å²) in [7, 11) is 1.59. The van der Waals surface area contributed by atoms with Crippen molar-refractivity contribution in [2.75, 3.05) is 7.05 Å². The molecule has 0 fully saturated rings. The Kier molecular flexibility index (Phi) is 2.85. The van der Waals surface area contributed by atoms with Gasteiger partial charge >= 0.3 is 0 Å². The maximum atomic E-state index is 11.2. The molecule has 0 saturated carbocycles. The summed E-state index contributed by atoms with van der Waals surface area (Å²) in [6.45, 7) is 0. The van der Waals surface area contributed by atoms with E-state index in [0.29, 0.717) is 12.0 Å². The van der Waals surface area contributed by atoms with Crippen LogP contribution in [0.3, 0.4) is 0 Å². The van der Waals surface area contributed by atoms with Crippen molar-refractivity contribution in [2.45, 2.75) is 19.3 Å². The van der Waals surface area contributed by atoms with Gasteiger partial charge in [0.25, 0.3) is 0 Å². The molecule has 2 N–H and O–H groups in total. The summed E-state index contributed by atoms with van der Waals surface area (Å²) < 4.78 is 0. The van der Waals surface area contributed by atoms with E-state index in [0.717, 1.165) is 25.0 Å². The zero-order valence-corrected chi connectivity index (χ0v) is 7.02. The van der Waals surface area contributed by atoms with E-state index >= 15 is 0 Å². The summed E-state index contributed by atoms with van der Waals surface area (Å²) in [5, 5.41) is 5.09. The largest absolute Gasteiger partial charge is 0.355 e. The predicted molar refractivity (Wildman–Crippen MR) is 44.1 cm³/mol. The normalized spacial score (nSPS) is 16.1. The van der Waals surface area contributed by atoms with Crippen molar-refractivity contribution >= 4 is 12.3 Å². The third-order valence-corrected chi connectivity index (χ3v) is 1.95. The first-order valence-electron chi connectivity index (χ1n) is 3.94. The van der Waals surface area contributed by atoms with Gasteiger partial charge in [-0.15, -0.1) is 0 Å². The number of rotatable bonds is 3. The molecular formula is C8H12N2O2. The van der Waals surface area contributed by atoms with E-state index in [4.69, 9.17) is 0 Å². The third kappa shape index (κ3) is 1.64. The molecule has 0 radical (unpaired) electrons. The Labute approximate surface area is 71.0 Å². The van der Waals surface area contributed by atoms with E-state index in [1.165, 1.54) is 0 Å². The molecule has 0 bridgehead atoms. The van der Waals surface area contributed by atoms with Crippen molar-refractivity contribution in [3.05, 3.63) is 11.3 Å². The Hall–Kier alpha value is -1.32. The second-order valence-corrected chi connectivity index (χ2v) is 2.65. The summed E-state index contributed by atoms with van der Waals surface area (Å²) in [6.07, 6.45) is 3.11. The molecule has 0 spiro atoms. The number of nitrogens with one attached hydrogen (secondary N) is 2. The van der Waals surface area contributed by atoms with Crippen LogP contribution in [0.25, 0.3) is 0 Å². The van der Waals surface area contributed by atoms with Crippen molar-refractivity contribution in [2.24, 2.45) is 0 Å². The van der Waals surface area contributed by atoms with Crippen LogP contribution in [0.1, 0.15) is 19.3 Å². The number of hydrogen-bond acceptors (Lipinski definition) is 2. The molecule has 0 unspecified atom stereocenters. The van der Waals surface area contributed by atoms with Gasteiger partial charge in [0, 0.05) is 18.3 Å². The first-order chi connectivity index (χ1) is 5.79. The van der Waals surface area contributed by atoms with Crippen LogP contribution in [-0.4, -0.2) is 19.4 Å². The first-order valence-corrected chi connectivity index (χ1v) is 3.94. The summed E-state index contributed by atoms with van der Waals surface area (Å²) in [5.41, 5.74) is 1.48. The maximum Gasteiger partial charge on any atom is 0.248 e. The standard InChI is InChI=1S/C8H12N2O2/c1-9-8(12)6-3-2-4-7(6)10-5-11/h5H,2-4H2,1H3,(H,9,12)(H,10,11). The lowest BCUT2D eigenvalue weighted by Gasteiger charge is -2.03. The lowest BCUT2D eigenvalue weighted by atomic mass is 10.2. The van der Waals surface area contributed by atoms with E-state index < -0.39 is 0 Å². The minimum absolute atomic E-state index is 0.0862. The van der Waals surface area contributed by atoms with Crippen LogP contribution < -0.4 is 10.6 Å². The Morgan fingerprint density at radius 3 is 2.83 bits per heavy atom. The number of hydrogen-bond donors (Lipinski definition) is 2. The van der Waals surface area contributed by atoms with E-state index in [2.05, 4.69) is 10.6 Å². The number of likely N-dealkylation sites (N-methyl/N-ethyl adjacent to an activating group) is 1. The van der Waals surface area contributed by atoms with Crippen LogP contribution >= 0.6 is 0 Å². The van der Waals surface area contributed by atoms with Gasteiger partial charge in [0.05, 0.1) is 0 Å². The van der Waals surface area contributed by atoms with E-state index in [1.807, 2.05) is 0 Å². The van der Waals surface area contributed by atoms with Gasteiger partial charge in [0.1, 0.15) is 0 Å². The van der Waals surface area contributed by atoms with Gasteiger partial charge in [-0.3, -0.25) is 9.59 Å². The van der Waals surface area contributed by atoms with E-state index in [1.54, 1.807) is 7.05 Å². The van der Waals surface area contributed by atoms with Gasteiger partial charge in [-0.1, -0.05) is 0 Å². The molecule has 0 aromatic carbocycles. The van der Waals surface area contributed by atoms with Crippen molar-refractivity contribution in [3.8, 4) is 0 Å². The SMILES string of the molecule is CNC(=O)C1=C(NC=O)CCC1. The molecule has 66 valence electrons. The Balaban J connectivity index is 2.75. The molecule has 1 aliphatic carbocycles. The van der Waals surface area contributed by atoms with Crippen molar-refractivity contribution in [1.29, 1.82) is 0 Å². The summed E-state index contributed by atoms with van der Waals surface area (Å²) in [5.74, 6) is -0.0862. The van der Waals surface area contributed by atoms with Crippen LogP contribution in [0.4, 0.5) is 0 Å². The van der Waals surface area contributed by atoms with Gasteiger partial charge in [0.2, 0.25) is 12.3 Å². The molecule has 0 aromatic rings. The topological polar surface area (TPSA) is 58.2 Å². The molecule has 4 nitrogen and oxygen atoms in total. The Morgan fingerprint density at radius 1 is 1.50 bits per heavy atom. The van der Waals surface area contributed by atoms with Crippen molar-refractivity contribution in [3.63, 3.8) is 0 Å². The second kappa shape index (κ2) is 3.90. The minimum atomic E-state index is -0.0862. The van der Waals surface area contributed by atoms with Gasteiger partial charge in [-0.2, -0.15) is 0 Å². The molecule has 0 aromatic heterocycles. The fourth-order valence-electron chi connectivity index (χ4n) is 1.38. The lowest BCUT2D eigenvalue weighted by Crippen LogP contribution is -2.22. The first kappa shape index (κ1) is 8.77. The zero-order chi connectivity index (χ0) is 8.97. The summed E-state index contributed by atoms with van der Waals surface area (Å²) >= 11 is 0. The zero-order valence-electron chi connectivity index (χ0n) is 7.02. The van der Waals surface area contributed by atoms with Crippen LogP contribution in [0.2, 0.25) is 0 Å². The molecule has 1 aliphatic rings. The molecule has 1 rings (SSSR count). The summed E-state index contributed by atoms with van der Waals surface area (Å²) in [4.78, 5) is 21.3. The fraction of sp³-hybridized carbons (Fsp3) is 0.500. The highest BCUT2D eigenvalue weighted by molar-refractivity contribution is 5.94. The highest BCUT2D eigenvalue weighted by atomic mass is 16.1. The van der Waals surface area contributed by atoms with Gasteiger partial charge in [-0.25, -0.2) is 0 Å². The molecule has 0 heterocycles. The average molecular weight is 168 g/mol. The molecule has 0 saturated heterocycles. The van der Waals surface area contributed by atoms with Gasteiger partial charge in [0.15, 0.2) is 0 Å². The van der Waals surface area contributed by atoms with Gasteiger partial charge in [-0.05, 0) is 19.3 Å². The quantitative estimate of drug-likeness (QED) is 0.579. The third-order valence-electron chi connectivity index (χ3n) is 1.95. The molecular weight excluding hydrogens is 156 g/mol. The smallest absolute Gasteiger partial charge is 0.248 e. The predicted octanol–water partition coefficient (Wildman–Crippen LogP) is -0.0836. The fourth-order valence-corrected chi connectivity index (χ4v) is 1.38. The van der Waals surface area contributed by atoms with E-state index in [9.17, 15) is 9.59 Å². The number of amides is 2. The summed E-state index contributed by atoms with van der Waals surface area (Å²) in [6, 6.07) is 0. The number of allylic oxidation sites excluding steroid dienone is 1. The second-order valence-electron chi connectivity index (χ2n) is 2.65. The van der Waals surface area contributed by atoms with Crippen LogP contribution in [0, 0.1) is 0 Å². The lowest BCUT2D eigenvalue weighted by molar-refractivity contribution is -0.117. The number of carbonyl (C=O) groups is 2. The van der Waals surface area contributed by atoms with Crippen LogP contribution in [0.5, 0.6) is 0 Å². The Morgan fingerprint density at radius 2 is 2.25 bits per heavy atom. The molecule has 4 heteroatoms. The highest BCUT2D eigenvalue weighted by Crippen LogP contribution is 2.23. The average Bonchev–Trinajstić information content (AvgIpc) is 2.52. The van der Waals surface area contributed by atoms with Gasteiger partial charge < -0.3 is 10.6 Å². The Bertz CT molecular complexity index is 233. The van der Waals surface area contributed by atoms with E-state index in [-0.39, 0.29) is 5.91 Å². The van der Waals surface area contributed by atoms with Crippen LogP contribution in [-0.2, 0) is 9.59 Å². The highest BCUT2D eigenvalue weighted by Gasteiger charge is 2.19. The van der Waals surface area contributed by atoms with Crippen molar-refractivity contribution < 1.29 is 9.59 Å².